The van der Waals surface area contributed by atoms with Gasteiger partial charge >= 0.3 is 0 Å². The molecule has 37 heavy (non-hydrogen) atoms. The number of hydrogen-bond donors (Lipinski definition) is 0. The van der Waals surface area contributed by atoms with Gasteiger partial charge in [-0.1, -0.05) is 25.1 Å². The molecule has 3 saturated heterocycles. The lowest BCUT2D eigenvalue weighted by molar-refractivity contribution is -0.0430. The summed E-state index contributed by atoms with van der Waals surface area (Å²) >= 11 is 0. The summed E-state index contributed by atoms with van der Waals surface area (Å²) in [7, 11) is 0. The molecule has 1 aromatic carbocycles. The monoisotopic (exact) mass is 505 g/mol. The zero-order valence-electron chi connectivity index (χ0n) is 22.0. The smallest absolute Gasteiger partial charge is 0.141 e. The Hall–Kier alpha value is -2.84. The van der Waals surface area contributed by atoms with Crippen LogP contribution in [0, 0.1) is 24.1 Å². The third kappa shape index (κ3) is 4.77. The number of nitrogens with zero attached hydrogens (tertiary/aromatic N) is 5. The fraction of sp³-hybridized carbons (Fsp3) is 0.552. The molecule has 0 amide bonds. The van der Waals surface area contributed by atoms with Gasteiger partial charge in [0.2, 0.25) is 0 Å². The second-order valence-corrected chi connectivity index (χ2v) is 11.6. The summed E-state index contributed by atoms with van der Waals surface area (Å²) < 4.78 is 25.5. The highest BCUT2D eigenvalue weighted by molar-refractivity contribution is 5.72. The second kappa shape index (κ2) is 9.80. The first-order valence-corrected chi connectivity index (χ1v) is 13.5. The number of ether oxygens (including phenoxy) is 1. The van der Waals surface area contributed by atoms with E-state index in [9.17, 15) is 4.39 Å². The fourth-order valence-corrected chi connectivity index (χ4v) is 6.45. The second-order valence-electron chi connectivity index (χ2n) is 11.6. The summed E-state index contributed by atoms with van der Waals surface area (Å²) in [6.07, 6.45) is 6.54. The maximum Gasteiger partial charge on any atom is 0.141 e. The van der Waals surface area contributed by atoms with Gasteiger partial charge in [0, 0.05) is 75.1 Å². The number of aryl methyl sites for hydroxylation is 1. The van der Waals surface area contributed by atoms with Crippen molar-refractivity contribution in [2.24, 2.45) is 11.3 Å². The molecule has 3 aliphatic heterocycles. The summed E-state index contributed by atoms with van der Waals surface area (Å²) in [5, 5.41) is 4.27. The standard InChI is InChI=1S/C29H36FN5O2/c1-19(2)27-26(20(3)37-33-27)25-11-24(30)5-4-22(25)10-23-12-31-18-32-28(23)35-16-29(17-35)14-34(15-29)13-21-6-8-36-9-7-21/h4-5,11-12,18-19,21H,6-10,13-17H2,1-3H3. The van der Waals surface area contributed by atoms with Crippen LogP contribution in [0.15, 0.2) is 35.2 Å². The van der Waals surface area contributed by atoms with Gasteiger partial charge in [-0.15, -0.1) is 0 Å². The number of aromatic nitrogens is 3. The van der Waals surface area contributed by atoms with E-state index < -0.39 is 0 Å². The van der Waals surface area contributed by atoms with Crippen molar-refractivity contribution >= 4 is 5.82 Å². The van der Waals surface area contributed by atoms with Gasteiger partial charge in [0.1, 0.15) is 23.7 Å². The van der Waals surface area contributed by atoms with Gasteiger partial charge in [-0.2, -0.15) is 0 Å². The van der Waals surface area contributed by atoms with E-state index in [4.69, 9.17) is 9.26 Å². The van der Waals surface area contributed by atoms with Crippen molar-refractivity contribution in [3.8, 4) is 11.1 Å². The number of anilines is 1. The Morgan fingerprint density at radius 2 is 1.89 bits per heavy atom. The van der Waals surface area contributed by atoms with Crippen LogP contribution in [0.4, 0.5) is 10.2 Å². The Bertz CT molecular complexity index is 1250. The van der Waals surface area contributed by atoms with Gasteiger partial charge in [0.05, 0.1) is 5.69 Å². The van der Waals surface area contributed by atoms with Crippen LogP contribution >= 0.6 is 0 Å². The van der Waals surface area contributed by atoms with E-state index in [1.54, 1.807) is 12.4 Å². The quantitative estimate of drug-likeness (QED) is 0.455. The fourth-order valence-electron chi connectivity index (χ4n) is 6.45. The van der Waals surface area contributed by atoms with Gasteiger partial charge < -0.3 is 19.1 Å². The van der Waals surface area contributed by atoms with Crippen molar-refractivity contribution in [1.82, 2.24) is 20.0 Å². The lowest BCUT2D eigenvalue weighted by atomic mass is 9.72. The van der Waals surface area contributed by atoms with Crippen LogP contribution in [-0.2, 0) is 11.2 Å². The summed E-state index contributed by atoms with van der Waals surface area (Å²) in [5.41, 5.74) is 5.05. The molecule has 3 fully saturated rings. The average Bonchev–Trinajstić information content (AvgIpc) is 3.23. The number of rotatable bonds is 7. The lowest BCUT2D eigenvalue weighted by Crippen LogP contribution is -2.72. The molecule has 0 saturated carbocycles. The number of likely N-dealkylation sites (tertiary alicyclic amines) is 1. The minimum atomic E-state index is -0.265. The summed E-state index contributed by atoms with van der Waals surface area (Å²) in [6, 6.07) is 5.00. The van der Waals surface area contributed by atoms with Gasteiger partial charge in [-0.05, 0) is 54.9 Å². The van der Waals surface area contributed by atoms with Crippen LogP contribution in [0.3, 0.4) is 0 Å². The maximum atomic E-state index is 14.4. The Morgan fingerprint density at radius 1 is 1.11 bits per heavy atom. The third-order valence-corrected chi connectivity index (χ3v) is 8.25. The van der Waals surface area contributed by atoms with E-state index in [1.807, 2.05) is 19.2 Å². The predicted octanol–water partition coefficient (Wildman–Crippen LogP) is 4.84. The van der Waals surface area contributed by atoms with E-state index in [2.05, 4.69) is 38.8 Å². The molecule has 7 nitrogen and oxygen atoms in total. The minimum absolute atomic E-state index is 0.171. The molecule has 0 atom stereocenters. The van der Waals surface area contributed by atoms with E-state index >= 15 is 0 Å². The molecule has 5 heterocycles. The maximum absolute atomic E-state index is 14.4. The molecular weight excluding hydrogens is 469 g/mol. The zero-order valence-corrected chi connectivity index (χ0v) is 22.0. The van der Waals surface area contributed by atoms with Crippen molar-refractivity contribution in [3.05, 3.63) is 59.1 Å². The van der Waals surface area contributed by atoms with Crippen LogP contribution in [0.25, 0.3) is 11.1 Å². The molecule has 196 valence electrons. The molecule has 0 aliphatic carbocycles. The van der Waals surface area contributed by atoms with Crippen molar-refractivity contribution < 1.29 is 13.7 Å². The number of hydrogen-bond acceptors (Lipinski definition) is 7. The van der Waals surface area contributed by atoms with E-state index in [0.29, 0.717) is 17.6 Å². The van der Waals surface area contributed by atoms with Crippen molar-refractivity contribution in [2.75, 3.05) is 50.8 Å². The largest absolute Gasteiger partial charge is 0.381 e. The highest BCUT2D eigenvalue weighted by atomic mass is 19.1. The van der Waals surface area contributed by atoms with Crippen molar-refractivity contribution in [3.63, 3.8) is 0 Å². The Labute approximate surface area is 218 Å². The molecule has 3 aliphatic rings. The SMILES string of the molecule is Cc1onc(C(C)C)c1-c1cc(F)ccc1Cc1cncnc1N1CC2(CN(CC3CCOCC3)C2)C1. The lowest BCUT2D eigenvalue weighted by Gasteiger charge is -2.61. The van der Waals surface area contributed by atoms with E-state index in [1.165, 1.54) is 38.5 Å². The Balaban J connectivity index is 1.18. The molecule has 0 bridgehead atoms. The zero-order chi connectivity index (χ0) is 25.6. The molecule has 0 N–H and O–H groups in total. The Morgan fingerprint density at radius 3 is 2.65 bits per heavy atom. The number of benzene rings is 1. The highest BCUT2D eigenvalue weighted by Crippen LogP contribution is 2.43. The summed E-state index contributed by atoms with van der Waals surface area (Å²) in [5.74, 6) is 2.39. The minimum Gasteiger partial charge on any atom is -0.381 e. The molecule has 8 heteroatoms. The van der Waals surface area contributed by atoms with Gasteiger partial charge in [-0.25, -0.2) is 14.4 Å². The average molecular weight is 506 g/mol. The molecular formula is C29H36FN5O2. The third-order valence-electron chi connectivity index (χ3n) is 8.25. The highest BCUT2D eigenvalue weighted by Gasteiger charge is 2.52. The molecule has 0 radical (unpaired) electrons. The summed E-state index contributed by atoms with van der Waals surface area (Å²) in [4.78, 5) is 14.0. The van der Waals surface area contributed by atoms with Crippen molar-refractivity contribution in [1.29, 1.82) is 0 Å². The predicted molar refractivity (Wildman–Crippen MR) is 140 cm³/mol. The molecule has 3 aromatic rings. The van der Waals surface area contributed by atoms with E-state index in [0.717, 1.165) is 66.0 Å². The first-order valence-electron chi connectivity index (χ1n) is 13.5. The van der Waals surface area contributed by atoms with Crippen LogP contribution in [0.5, 0.6) is 0 Å². The van der Waals surface area contributed by atoms with Crippen molar-refractivity contribution in [2.45, 2.75) is 46.0 Å². The van der Waals surface area contributed by atoms with Crippen LogP contribution in [0.1, 0.15) is 55.2 Å². The molecule has 6 rings (SSSR count). The van der Waals surface area contributed by atoms with Gasteiger partial charge in [-0.3, -0.25) is 0 Å². The summed E-state index contributed by atoms with van der Waals surface area (Å²) in [6.45, 7) is 13.5. The topological polar surface area (TPSA) is 67.5 Å². The van der Waals surface area contributed by atoms with Gasteiger partial charge in [0.25, 0.3) is 0 Å². The normalized spacial score (nSPS) is 19.9. The van der Waals surface area contributed by atoms with Crippen LogP contribution in [-0.4, -0.2) is 66.0 Å². The molecule has 1 spiro atoms. The first kappa shape index (κ1) is 24.5. The first-order chi connectivity index (χ1) is 17.9. The number of halogens is 1. The van der Waals surface area contributed by atoms with Crippen LogP contribution in [0.2, 0.25) is 0 Å². The Kier molecular flexibility index (Phi) is 6.49. The van der Waals surface area contributed by atoms with Gasteiger partial charge in [0.15, 0.2) is 0 Å². The van der Waals surface area contributed by atoms with E-state index in [-0.39, 0.29) is 11.7 Å². The van der Waals surface area contributed by atoms with Crippen LogP contribution < -0.4 is 4.90 Å². The molecule has 2 aromatic heterocycles. The molecule has 0 unspecified atom stereocenters.